The van der Waals surface area contributed by atoms with E-state index in [0.29, 0.717) is 6.42 Å². The summed E-state index contributed by atoms with van der Waals surface area (Å²) in [6.07, 6.45) is 1.69. The molecule has 0 saturated carbocycles. The van der Waals surface area contributed by atoms with E-state index in [4.69, 9.17) is 0 Å². The molecule has 110 valence electrons. The van der Waals surface area contributed by atoms with Gasteiger partial charge in [0.25, 0.3) is 0 Å². The van der Waals surface area contributed by atoms with Gasteiger partial charge in [0.05, 0.1) is 11.4 Å². The first-order valence-electron chi connectivity index (χ1n) is 6.87. The molecule has 0 saturated heterocycles. The number of aryl methyl sites for hydroxylation is 3. The zero-order valence-electron chi connectivity index (χ0n) is 12.1. The molecule has 1 N–H and O–H groups in total. The van der Waals surface area contributed by atoms with E-state index in [-0.39, 0.29) is 11.5 Å². The number of hydrogen-bond donors (Lipinski definition) is 1. The SMILES string of the molecule is CCS(=O)(=O)CCCNCCCn1nc(C)cc1C. The molecule has 0 aromatic carbocycles. The third kappa shape index (κ3) is 6.20. The zero-order chi connectivity index (χ0) is 14.3. The molecule has 0 aliphatic rings. The lowest BCUT2D eigenvalue weighted by atomic mass is 10.3. The highest BCUT2D eigenvalue weighted by atomic mass is 32.2. The lowest BCUT2D eigenvalue weighted by Gasteiger charge is -2.06. The minimum Gasteiger partial charge on any atom is -0.317 e. The highest BCUT2D eigenvalue weighted by molar-refractivity contribution is 7.91. The summed E-state index contributed by atoms with van der Waals surface area (Å²) in [5.41, 5.74) is 2.24. The number of rotatable bonds is 9. The van der Waals surface area contributed by atoms with E-state index >= 15 is 0 Å². The van der Waals surface area contributed by atoms with Crippen LogP contribution in [-0.2, 0) is 16.4 Å². The Kier molecular flexibility index (Phi) is 6.51. The number of sulfone groups is 1. The van der Waals surface area contributed by atoms with Gasteiger partial charge in [-0.05, 0) is 45.8 Å². The topological polar surface area (TPSA) is 64.0 Å². The van der Waals surface area contributed by atoms with Crippen LogP contribution >= 0.6 is 0 Å². The van der Waals surface area contributed by atoms with Gasteiger partial charge >= 0.3 is 0 Å². The van der Waals surface area contributed by atoms with Crippen molar-refractivity contribution in [1.82, 2.24) is 15.1 Å². The molecule has 0 atom stereocenters. The lowest BCUT2D eigenvalue weighted by molar-refractivity contribution is 0.530. The first-order valence-corrected chi connectivity index (χ1v) is 8.69. The maximum absolute atomic E-state index is 11.3. The maximum Gasteiger partial charge on any atom is 0.150 e. The Labute approximate surface area is 116 Å². The Morgan fingerprint density at radius 3 is 2.53 bits per heavy atom. The van der Waals surface area contributed by atoms with Gasteiger partial charge in [-0.3, -0.25) is 4.68 Å². The van der Waals surface area contributed by atoms with Crippen LogP contribution in [0.5, 0.6) is 0 Å². The predicted octanol–water partition coefficient (Wildman–Crippen LogP) is 1.30. The third-order valence-corrected chi connectivity index (χ3v) is 4.87. The van der Waals surface area contributed by atoms with Gasteiger partial charge in [-0.1, -0.05) is 6.92 Å². The summed E-state index contributed by atoms with van der Waals surface area (Å²) in [5.74, 6) is 0.527. The molecule has 6 heteroatoms. The monoisotopic (exact) mass is 287 g/mol. The minimum atomic E-state index is -2.81. The molecule has 0 aliphatic heterocycles. The van der Waals surface area contributed by atoms with Gasteiger partial charge in [0.15, 0.2) is 0 Å². The Bertz CT molecular complexity index is 480. The van der Waals surface area contributed by atoms with Crippen molar-refractivity contribution in [2.75, 3.05) is 24.6 Å². The Hall–Kier alpha value is -0.880. The van der Waals surface area contributed by atoms with E-state index < -0.39 is 9.84 Å². The number of nitrogens with zero attached hydrogens (tertiary/aromatic N) is 2. The zero-order valence-corrected chi connectivity index (χ0v) is 13.0. The van der Waals surface area contributed by atoms with Crippen molar-refractivity contribution in [3.63, 3.8) is 0 Å². The Morgan fingerprint density at radius 1 is 1.26 bits per heavy atom. The van der Waals surface area contributed by atoms with E-state index in [0.717, 1.165) is 31.7 Å². The van der Waals surface area contributed by atoms with Crippen LogP contribution in [0.25, 0.3) is 0 Å². The predicted molar refractivity (Wildman–Crippen MR) is 78.1 cm³/mol. The summed E-state index contributed by atoms with van der Waals surface area (Å²) in [5, 5.41) is 7.67. The molecule has 0 spiro atoms. The lowest BCUT2D eigenvalue weighted by Crippen LogP contribution is -2.21. The fourth-order valence-electron chi connectivity index (χ4n) is 1.94. The van der Waals surface area contributed by atoms with Gasteiger partial charge in [-0.2, -0.15) is 5.10 Å². The molecule has 0 unspecified atom stereocenters. The molecule has 0 fully saturated rings. The van der Waals surface area contributed by atoms with Crippen LogP contribution in [-0.4, -0.2) is 42.8 Å². The number of aromatic nitrogens is 2. The second-order valence-electron chi connectivity index (χ2n) is 4.84. The molecule has 5 nitrogen and oxygen atoms in total. The fourth-order valence-corrected chi connectivity index (χ4v) is 2.81. The quantitative estimate of drug-likeness (QED) is 0.695. The van der Waals surface area contributed by atoms with E-state index in [9.17, 15) is 8.42 Å². The summed E-state index contributed by atoms with van der Waals surface area (Å²) in [4.78, 5) is 0. The van der Waals surface area contributed by atoms with Gasteiger partial charge in [-0.15, -0.1) is 0 Å². The summed E-state index contributed by atoms with van der Waals surface area (Å²) in [7, 11) is -2.81. The van der Waals surface area contributed by atoms with Crippen molar-refractivity contribution >= 4 is 9.84 Å². The second kappa shape index (κ2) is 7.65. The highest BCUT2D eigenvalue weighted by Gasteiger charge is 2.05. The van der Waals surface area contributed by atoms with Crippen LogP contribution in [0.4, 0.5) is 0 Å². The Balaban J connectivity index is 2.07. The first kappa shape index (κ1) is 16.2. The molecule has 1 heterocycles. The smallest absolute Gasteiger partial charge is 0.150 e. The second-order valence-corrected chi connectivity index (χ2v) is 7.32. The first-order chi connectivity index (χ1) is 8.94. The van der Waals surface area contributed by atoms with Crippen molar-refractivity contribution in [1.29, 1.82) is 0 Å². The van der Waals surface area contributed by atoms with Gasteiger partial charge in [0, 0.05) is 18.0 Å². The van der Waals surface area contributed by atoms with Gasteiger partial charge < -0.3 is 5.32 Å². The van der Waals surface area contributed by atoms with E-state index in [2.05, 4.69) is 23.4 Å². The van der Waals surface area contributed by atoms with Crippen molar-refractivity contribution in [3.8, 4) is 0 Å². The minimum absolute atomic E-state index is 0.241. The molecule has 0 amide bonds. The molecule has 0 aliphatic carbocycles. The van der Waals surface area contributed by atoms with Crippen molar-refractivity contribution in [2.24, 2.45) is 0 Å². The normalized spacial score (nSPS) is 11.9. The fraction of sp³-hybridized carbons (Fsp3) is 0.769. The van der Waals surface area contributed by atoms with Crippen LogP contribution in [0.15, 0.2) is 6.07 Å². The summed E-state index contributed by atoms with van der Waals surface area (Å²) in [6, 6.07) is 2.07. The van der Waals surface area contributed by atoms with Gasteiger partial charge in [-0.25, -0.2) is 8.42 Å². The van der Waals surface area contributed by atoms with E-state index in [1.807, 2.05) is 11.6 Å². The average Bonchev–Trinajstić information content (AvgIpc) is 2.66. The largest absolute Gasteiger partial charge is 0.317 e. The average molecular weight is 287 g/mol. The summed E-state index contributed by atoms with van der Waals surface area (Å²) >= 11 is 0. The highest BCUT2D eigenvalue weighted by Crippen LogP contribution is 2.02. The van der Waals surface area contributed by atoms with E-state index in [1.54, 1.807) is 6.92 Å². The summed E-state index contributed by atoms with van der Waals surface area (Å²) in [6.45, 7) is 8.30. The van der Waals surface area contributed by atoms with Gasteiger partial charge in [0.1, 0.15) is 9.84 Å². The maximum atomic E-state index is 11.3. The van der Waals surface area contributed by atoms with Crippen LogP contribution < -0.4 is 5.32 Å². The molecule has 0 bridgehead atoms. The molecule has 1 rings (SSSR count). The molecule has 1 aromatic rings. The third-order valence-electron chi connectivity index (χ3n) is 3.08. The van der Waals surface area contributed by atoms with Crippen molar-refractivity contribution in [3.05, 3.63) is 17.5 Å². The van der Waals surface area contributed by atoms with Crippen molar-refractivity contribution in [2.45, 2.75) is 40.2 Å². The van der Waals surface area contributed by atoms with E-state index in [1.165, 1.54) is 5.69 Å². The van der Waals surface area contributed by atoms with Gasteiger partial charge in [0.2, 0.25) is 0 Å². The van der Waals surface area contributed by atoms with Crippen LogP contribution in [0.1, 0.15) is 31.2 Å². The van der Waals surface area contributed by atoms with Crippen molar-refractivity contribution < 1.29 is 8.42 Å². The Morgan fingerprint density at radius 2 is 1.95 bits per heavy atom. The van der Waals surface area contributed by atoms with Crippen LogP contribution in [0.3, 0.4) is 0 Å². The molecular weight excluding hydrogens is 262 g/mol. The molecule has 1 aromatic heterocycles. The molecule has 19 heavy (non-hydrogen) atoms. The summed E-state index contributed by atoms with van der Waals surface area (Å²) < 4.78 is 24.6. The van der Waals surface area contributed by atoms with Crippen LogP contribution in [0, 0.1) is 13.8 Å². The van der Waals surface area contributed by atoms with Crippen LogP contribution in [0.2, 0.25) is 0 Å². The molecular formula is C13H25N3O2S. The standard InChI is InChI=1S/C13H25N3O2S/c1-4-19(17,18)10-6-8-14-7-5-9-16-13(3)11-12(2)15-16/h11,14H,4-10H2,1-3H3. The molecule has 0 radical (unpaired) electrons. The number of hydrogen-bond acceptors (Lipinski definition) is 4. The number of nitrogens with one attached hydrogen (secondary N) is 1.